The lowest BCUT2D eigenvalue weighted by Crippen LogP contribution is -2.32. The highest BCUT2D eigenvalue weighted by molar-refractivity contribution is 6.30. The summed E-state index contributed by atoms with van der Waals surface area (Å²) >= 11 is 5.90. The number of nitrogens with two attached hydrogens (primary N) is 1. The van der Waals surface area contributed by atoms with Gasteiger partial charge in [-0.3, -0.25) is 0 Å². The number of halogens is 1. The molecule has 106 valence electrons. The van der Waals surface area contributed by atoms with E-state index in [0.29, 0.717) is 0 Å². The summed E-state index contributed by atoms with van der Waals surface area (Å²) in [5, 5.41) is 0.773. The minimum atomic E-state index is 0.116. The van der Waals surface area contributed by atoms with Crippen LogP contribution in [-0.4, -0.2) is 24.0 Å². The number of benzene rings is 1. The quantitative estimate of drug-likeness (QED) is 0.822. The van der Waals surface area contributed by atoms with Crippen molar-refractivity contribution in [3.63, 3.8) is 0 Å². The normalized spacial score (nSPS) is 17.2. The van der Waals surface area contributed by atoms with Gasteiger partial charge < -0.3 is 10.6 Å². The maximum Gasteiger partial charge on any atom is 0.0406 e. The van der Waals surface area contributed by atoms with E-state index in [-0.39, 0.29) is 6.04 Å². The van der Waals surface area contributed by atoms with E-state index < -0.39 is 0 Å². The summed E-state index contributed by atoms with van der Waals surface area (Å²) in [6.07, 6.45) is 3.75. The van der Waals surface area contributed by atoms with Crippen LogP contribution < -0.4 is 5.73 Å². The van der Waals surface area contributed by atoms with Crippen LogP contribution in [0, 0.1) is 5.92 Å². The van der Waals surface area contributed by atoms with E-state index in [1.165, 1.54) is 24.9 Å². The second kappa shape index (κ2) is 6.74. The van der Waals surface area contributed by atoms with Crippen molar-refractivity contribution in [3.8, 4) is 0 Å². The third kappa shape index (κ3) is 4.79. The van der Waals surface area contributed by atoms with Crippen LogP contribution in [0.1, 0.15) is 44.7 Å². The molecule has 0 aliphatic heterocycles. The molecule has 3 heteroatoms. The predicted octanol–water partition coefficient (Wildman–Crippen LogP) is 3.85. The molecule has 0 saturated heterocycles. The highest BCUT2D eigenvalue weighted by atomic mass is 35.5. The van der Waals surface area contributed by atoms with E-state index in [1.54, 1.807) is 0 Å². The van der Waals surface area contributed by atoms with Gasteiger partial charge in [0, 0.05) is 30.2 Å². The van der Waals surface area contributed by atoms with E-state index in [4.69, 9.17) is 17.3 Å². The van der Waals surface area contributed by atoms with Crippen LogP contribution in [0.25, 0.3) is 0 Å². The van der Waals surface area contributed by atoms with E-state index in [9.17, 15) is 0 Å². The molecule has 2 N–H and O–H groups in total. The van der Waals surface area contributed by atoms with Gasteiger partial charge in [0.15, 0.2) is 0 Å². The van der Waals surface area contributed by atoms with Gasteiger partial charge in [-0.05, 0) is 42.9 Å². The third-order valence-corrected chi connectivity index (χ3v) is 3.94. The smallest absolute Gasteiger partial charge is 0.0406 e. The second-order valence-corrected chi connectivity index (χ2v) is 6.50. The molecule has 2 rings (SSSR count). The van der Waals surface area contributed by atoms with Gasteiger partial charge in [-0.25, -0.2) is 0 Å². The molecule has 1 aliphatic rings. The SMILES string of the molecule is CC(C)CN(CCC(N)c1ccc(Cl)cc1)C1CC1. The van der Waals surface area contributed by atoms with E-state index in [0.717, 1.165) is 29.9 Å². The molecular weight excluding hydrogens is 256 g/mol. The Kier molecular flexibility index (Phi) is 5.26. The Labute approximate surface area is 121 Å². The second-order valence-electron chi connectivity index (χ2n) is 6.07. The largest absolute Gasteiger partial charge is 0.324 e. The molecule has 0 heterocycles. The Morgan fingerprint density at radius 2 is 1.89 bits per heavy atom. The summed E-state index contributed by atoms with van der Waals surface area (Å²) < 4.78 is 0. The maximum atomic E-state index is 6.27. The summed E-state index contributed by atoms with van der Waals surface area (Å²) in [5.74, 6) is 0.729. The van der Waals surface area contributed by atoms with Crippen molar-refractivity contribution in [2.45, 2.75) is 45.2 Å². The Bertz CT molecular complexity index is 384. The lowest BCUT2D eigenvalue weighted by Gasteiger charge is -2.25. The standard InChI is InChI=1S/C16H25ClN2/c1-12(2)11-19(15-7-8-15)10-9-16(18)13-3-5-14(17)6-4-13/h3-6,12,15-16H,7-11,18H2,1-2H3. The van der Waals surface area contributed by atoms with Gasteiger partial charge in [0.2, 0.25) is 0 Å². The molecule has 0 bridgehead atoms. The number of rotatable bonds is 7. The van der Waals surface area contributed by atoms with Crippen LogP contribution in [0.4, 0.5) is 0 Å². The molecule has 1 aliphatic carbocycles. The first-order valence-corrected chi connectivity index (χ1v) is 7.69. The van der Waals surface area contributed by atoms with Crippen molar-refractivity contribution in [3.05, 3.63) is 34.9 Å². The predicted molar refractivity (Wildman–Crippen MR) is 82.4 cm³/mol. The van der Waals surface area contributed by atoms with Crippen molar-refractivity contribution >= 4 is 11.6 Å². The fourth-order valence-corrected chi connectivity index (χ4v) is 2.64. The Morgan fingerprint density at radius 1 is 1.26 bits per heavy atom. The number of hydrogen-bond donors (Lipinski definition) is 1. The van der Waals surface area contributed by atoms with E-state index in [2.05, 4.69) is 18.7 Å². The van der Waals surface area contributed by atoms with Gasteiger partial charge in [-0.15, -0.1) is 0 Å². The van der Waals surface area contributed by atoms with Crippen LogP contribution in [0.5, 0.6) is 0 Å². The lowest BCUT2D eigenvalue weighted by molar-refractivity contribution is 0.226. The summed E-state index contributed by atoms with van der Waals surface area (Å²) in [4.78, 5) is 2.61. The van der Waals surface area contributed by atoms with Crippen molar-refractivity contribution < 1.29 is 0 Å². The molecule has 0 aromatic heterocycles. The Morgan fingerprint density at radius 3 is 2.42 bits per heavy atom. The molecule has 0 radical (unpaired) electrons. The molecule has 0 amide bonds. The fourth-order valence-electron chi connectivity index (χ4n) is 2.51. The van der Waals surface area contributed by atoms with Crippen molar-refractivity contribution in [2.75, 3.05) is 13.1 Å². The van der Waals surface area contributed by atoms with Gasteiger partial charge in [0.25, 0.3) is 0 Å². The zero-order valence-electron chi connectivity index (χ0n) is 12.0. The molecular formula is C16H25ClN2. The van der Waals surface area contributed by atoms with Crippen molar-refractivity contribution in [2.24, 2.45) is 11.7 Å². The molecule has 1 atom stereocenters. The summed E-state index contributed by atoms with van der Waals surface area (Å²) in [7, 11) is 0. The van der Waals surface area contributed by atoms with Crippen LogP contribution in [0.3, 0.4) is 0 Å². The number of nitrogens with zero attached hydrogens (tertiary/aromatic N) is 1. The van der Waals surface area contributed by atoms with E-state index >= 15 is 0 Å². The molecule has 1 saturated carbocycles. The Hall–Kier alpha value is -0.570. The molecule has 1 aromatic carbocycles. The average Bonchev–Trinajstić information content (AvgIpc) is 3.18. The molecule has 19 heavy (non-hydrogen) atoms. The van der Waals surface area contributed by atoms with Crippen molar-refractivity contribution in [1.82, 2.24) is 4.90 Å². The first kappa shape index (κ1) is 14.8. The van der Waals surface area contributed by atoms with Crippen molar-refractivity contribution in [1.29, 1.82) is 0 Å². The van der Waals surface area contributed by atoms with Gasteiger partial charge in [0.1, 0.15) is 0 Å². The molecule has 1 aromatic rings. The van der Waals surface area contributed by atoms with E-state index in [1.807, 2.05) is 24.3 Å². The summed E-state index contributed by atoms with van der Waals surface area (Å²) in [6, 6.07) is 8.85. The Balaban J connectivity index is 1.84. The zero-order chi connectivity index (χ0) is 13.8. The zero-order valence-corrected chi connectivity index (χ0v) is 12.7. The molecule has 2 nitrogen and oxygen atoms in total. The maximum absolute atomic E-state index is 6.27. The van der Waals surface area contributed by atoms with Gasteiger partial charge in [-0.1, -0.05) is 37.6 Å². The van der Waals surface area contributed by atoms with Crippen LogP contribution in [-0.2, 0) is 0 Å². The van der Waals surface area contributed by atoms with Crippen LogP contribution >= 0.6 is 11.6 Å². The highest BCUT2D eigenvalue weighted by Gasteiger charge is 2.29. The molecule has 1 unspecified atom stereocenters. The van der Waals surface area contributed by atoms with Crippen LogP contribution in [0.2, 0.25) is 5.02 Å². The summed E-state index contributed by atoms with van der Waals surface area (Å²) in [6.45, 7) is 6.87. The minimum absolute atomic E-state index is 0.116. The monoisotopic (exact) mass is 280 g/mol. The molecule has 0 spiro atoms. The lowest BCUT2D eigenvalue weighted by atomic mass is 10.0. The average molecular weight is 281 g/mol. The van der Waals surface area contributed by atoms with Gasteiger partial charge in [0.05, 0.1) is 0 Å². The highest BCUT2D eigenvalue weighted by Crippen LogP contribution is 2.28. The third-order valence-electron chi connectivity index (χ3n) is 3.69. The number of hydrogen-bond acceptors (Lipinski definition) is 2. The molecule has 1 fully saturated rings. The van der Waals surface area contributed by atoms with Gasteiger partial charge >= 0.3 is 0 Å². The van der Waals surface area contributed by atoms with Gasteiger partial charge in [-0.2, -0.15) is 0 Å². The first-order chi connectivity index (χ1) is 9.06. The first-order valence-electron chi connectivity index (χ1n) is 7.31. The summed E-state index contributed by atoms with van der Waals surface area (Å²) in [5.41, 5.74) is 7.46. The minimum Gasteiger partial charge on any atom is -0.324 e. The topological polar surface area (TPSA) is 29.3 Å². The van der Waals surface area contributed by atoms with Crippen LogP contribution in [0.15, 0.2) is 24.3 Å². The fraction of sp³-hybridized carbons (Fsp3) is 0.625.